The molecule has 0 aromatic carbocycles. The van der Waals surface area contributed by atoms with E-state index in [9.17, 15) is 19.5 Å². The zero-order chi connectivity index (χ0) is 30.6. The van der Waals surface area contributed by atoms with Crippen LogP contribution in [0.25, 0.3) is 0 Å². The Morgan fingerprint density at radius 1 is 1.10 bits per heavy atom. The lowest BCUT2D eigenvalue weighted by atomic mass is 9.66. The fraction of sp³-hybridized carbons (Fsp3) is 0.788. The minimum absolute atomic E-state index is 0.00357. The molecule has 3 aliphatic heterocycles. The lowest BCUT2D eigenvalue weighted by molar-refractivity contribution is -0.155. The van der Waals surface area contributed by atoms with E-state index in [0.29, 0.717) is 26.1 Å². The van der Waals surface area contributed by atoms with Crippen molar-refractivity contribution in [1.82, 2.24) is 9.80 Å². The number of amides is 2. The minimum atomic E-state index is -0.657. The molecule has 0 saturated carbocycles. The number of thioether (sulfide) groups is 1. The Morgan fingerprint density at radius 3 is 2.39 bits per heavy atom. The third kappa shape index (κ3) is 6.90. The quantitative estimate of drug-likeness (QED) is 0.140. The number of esters is 1. The first-order chi connectivity index (χ1) is 19.2. The van der Waals surface area contributed by atoms with E-state index >= 15 is 0 Å². The van der Waals surface area contributed by atoms with Crippen molar-refractivity contribution in [3.63, 3.8) is 0 Å². The molecule has 232 valence electrons. The van der Waals surface area contributed by atoms with E-state index in [1.54, 1.807) is 17.8 Å². The minimum Gasteiger partial charge on any atom is -0.465 e. The summed E-state index contributed by atoms with van der Waals surface area (Å²) in [4.78, 5) is 46.5. The summed E-state index contributed by atoms with van der Waals surface area (Å²) in [6.07, 6.45) is 10.6. The van der Waals surface area contributed by atoms with Crippen molar-refractivity contribution >= 4 is 29.5 Å². The second kappa shape index (κ2) is 13.2. The molecule has 41 heavy (non-hydrogen) atoms. The van der Waals surface area contributed by atoms with Crippen LogP contribution in [-0.2, 0) is 19.1 Å². The number of hydrogen-bond donors (Lipinski definition) is 1. The predicted octanol–water partition coefficient (Wildman–Crippen LogP) is 5.76. The normalized spacial score (nSPS) is 29.0. The Hall–Kier alpha value is -1.80. The van der Waals surface area contributed by atoms with Gasteiger partial charge in [0.05, 0.1) is 23.2 Å². The number of nitrogens with zero attached hydrogens (tertiary/aromatic N) is 2. The van der Waals surface area contributed by atoms with Crippen LogP contribution in [-0.4, -0.2) is 80.1 Å². The third-order valence-corrected chi connectivity index (χ3v) is 11.1. The first-order valence-corrected chi connectivity index (χ1v) is 16.3. The largest absolute Gasteiger partial charge is 0.465 e. The summed E-state index contributed by atoms with van der Waals surface area (Å²) in [5, 5.41) is 9.20. The van der Waals surface area contributed by atoms with Crippen molar-refractivity contribution in [3.8, 4) is 0 Å². The van der Waals surface area contributed by atoms with Crippen LogP contribution in [0, 0.1) is 17.3 Å². The molecule has 3 saturated heterocycles. The van der Waals surface area contributed by atoms with Crippen molar-refractivity contribution in [1.29, 1.82) is 0 Å². The van der Waals surface area contributed by atoms with E-state index in [0.717, 1.165) is 51.4 Å². The number of carbonyl (C=O) groups is 3. The summed E-state index contributed by atoms with van der Waals surface area (Å²) in [6, 6.07) is -0.637. The van der Waals surface area contributed by atoms with Crippen LogP contribution < -0.4 is 0 Å². The van der Waals surface area contributed by atoms with Gasteiger partial charge in [-0.05, 0) is 71.1 Å². The third-order valence-electron chi connectivity index (χ3n) is 9.14. The van der Waals surface area contributed by atoms with Crippen LogP contribution in [0.15, 0.2) is 25.3 Å². The molecule has 7 nitrogen and oxygen atoms in total. The molecule has 3 rings (SSSR count). The van der Waals surface area contributed by atoms with Crippen LogP contribution in [0.5, 0.6) is 0 Å². The van der Waals surface area contributed by atoms with Gasteiger partial charge in [0.1, 0.15) is 6.04 Å². The van der Waals surface area contributed by atoms with E-state index in [1.165, 1.54) is 0 Å². The Labute approximate surface area is 252 Å². The molecule has 3 aliphatic rings. The van der Waals surface area contributed by atoms with Crippen molar-refractivity contribution in [2.24, 2.45) is 17.3 Å². The van der Waals surface area contributed by atoms with Crippen molar-refractivity contribution in [2.45, 2.75) is 120 Å². The summed E-state index contributed by atoms with van der Waals surface area (Å²) in [7, 11) is 0. The van der Waals surface area contributed by atoms with Gasteiger partial charge >= 0.3 is 5.97 Å². The fourth-order valence-corrected chi connectivity index (χ4v) is 10.2. The molecule has 0 aromatic heterocycles. The van der Waals surface area contributed by atoms with Crippen LogP contribution in [0.2, 0.25) is 0 Å². The first-order valence-electron chi connectivity index (χ1n) is 15.5. The highest BCUT2D eigenvalue weighted by Crippen LogP contribution is 2.71. The highest BCUT2D eigenvalue weighted by molar-refractivity contribution is 8.02. The summed E-state index contributed by atoms with van der Waals surface area (Å²) >= 11 is 1.70. The van der Waals surface area contributed by atoms with E-state index in [1.807, 2.05) is 15.9 Å². The van der Waals surface area contributed by atoms with Crippen LogP contribution in [0.1, 0.15) is 99.3 Å². The Bertz CT molecular complexity index is 991. The number of hydrogen-bond acceptors (Lipinski definition) is 6. The fourth-order valence-electron chi connectivity index (χ4n) is 7.85. The number of likely N-dealkylation sites (tertiary alicyclic amines) is 1. The maximum Gasteiger partial charge on any atom is 0.311 e. The Morgan fingerprint density at radius 2 is 1.78 bits per heavy atom. The van der Waals surface area contributed by atoms with E-state index in [2.05, 4.69) is 54.7 Å². The average Bonchev–Trinajstić information content (AvgIpc) is 3.44. The monoisotopic (exact) mass is 590 g/mol. The number of ether oxygens (including phenoxy) is 1. The van der Waals surface area contributed by atoms with Gasteiger partial charge in [0.15, 0.2) is 0 Å². The molecule has 0 aliphatic carbocycles. The number of unbranched alkanes of at least 4 members (excludes halogenated alkanes) is 4. The highest BCUT2D eigenvalue weighted by Gasteiger charge is 2.77. The molecular formula is C33H54N2O5S. The summed E-state index contributed by atoms with van der Waals surface area (Å²) < 4.78 is 4.65. The van der Waals surface area contributed by atoms with E-state index < -0.39 is 32.9 Å². The van der Waals surface area contributed by atoms with Crippen LogP contribution in [0.4, 0.5) is 0 Å². The molecule has 2 amide bonds. The number of allylic oxidation sites excluding steroid dienone is 1. The molecule has 1 spiro atoms. The number of aliphatic hydroxyl groups is 1. The zero-order valence-corrected chi connectivity index (χ0v) is 27.2. The van der Waals surface area contributed by atoms with Gasteiger partial charge in [0.2, 0.25) is 11.8 Å². The molecule has 2 unspecified atom stereocenters. The number of carbonyl (C=O) groups excluding carboxylic acids is 3. The first kappa shape index (κ1) is 33.7. The van der Waals surface area contributed by atoms with Gasteiger partial charge in [-0.25, -0.2) is 0 Å². The molecule has 3 fully saturated rings. The summed E-state index contributed by atoms with van der Waals surface area (Å²) in [5.41, 5.74) is -0.459. The highest BCUT2D eigenvalue weighted by atomic mass is 32.2. The van der Waals surface area contributed by atoms with Crippen molar-refractivity contribution < 1.29 is 24.2 Å². The molecule has 0 radical (unpaired) electrons. The van der Waals surface area contributed by atoms with Gasteiger partial charge in [-0.1, -0.05) is 45.8 Å². The van der Waals surface area contributed by atoms with Gasteiger partial charge < -0.3 is 19.6 Å². The standard InChI is InChI=1S/C33H54N2O5S/c1-9-11-16-22-40-29(39)25-24-27(37)34(20-14-12-13-15-21-36)26(33(24)18-17-32(25,8)41-33)28(38)35(19-10-2)31(6,7)23-30(3,4)5/h9-10,24-26,36H,1-2,11-23H2,3-8H3/t24-,25-,26?,32+,33?/m0/s1. The zero-order valence-electron chi connectivity index (χ0n) is 26.4. The van der Waals surface area contributed by atoms with Gasteiger partial charge in [-0.2, -0.15) is 0 Å². The smallest absolute Gasteiger partial charge is 0.311 e. The molecule has 3 heterocycles. The number of aliphatic hydroxyl groups excluding tert-OH is 1. The van der Waals surface area contributed by atoms with Crippen LogP contribution >= 0.6 is 11.8 Å². The second-order valence-corrected chi connectivity index (χ2v) is 16.2. The maximum atomic E-state index is 14.8. The maximum absolute atomic E-state index is 14.8. The van der Waals surface area contributed by atoms with Crippen molar-refractivity contribution in [2.75, 3.05) is 26.3 Å². The van der Waals surface area contributed by atoms with Gasteiger partial charge in [-0.3, -0.25) is 14.4 Å². The predicted molar refractivity (Wildman–Crippen MR) is 166 cm³/mol. The van der Waals surface area contributed by atoms with Gasteiger partial charge in [0, 0.05) is 30.0 Å². The molecule has 1 N–H and O–H groups in total. The lowest BCUT2D eigenvalue weighted by Gasteiger charge is -2.46. The number of rotatable bonds is 16. The molecule has 0 aromatic rings. The molecule has 5 atom stereocenters. The van der Waals surface area contributed by atoms with Crippen molar-refractivity contribution in [3.05, 3.63) is 25.3 Å². The average molecular weight is 591 g/mol. The summed E-state index contributed by atoms with van der Waals surface area (Å²) in [5.74, 6) is -1.57. The molecule has 8 heteroatoms. The Kier molecular flexibility index (Phi) is 10.9. The second-order valence-electron chi connectivity index (χ2n) is 14.3. The van der Waals surface area contributed by atoms with E-state index in [-0.39, 0.29) is 29.8 Å². The summed E-state index contributed by atoms with van der Waals surface area (Å²) in [6.45, 7) is 21.9. The van der Waals surface area contributed by atoms with E-state index in [4.69, 9.17) is 4.74 Å². The lowest BCUT2D eigenvalue weighted by Crippen LogP contribution is -2.60. The number of fused-ring (bicyclic) bond motifs is 1. The van der Waals surface area contributed by atoms with Crippen LogP contribution in [0.3, 0.4) is 0 Å². The van der Waals surface area contributed by atoms with Gasteiger partial charge in [0.25, 0.3) is 0 Å². The molecular weight excluding hydrogens is 536 g/mol. The SMILES string of the molecule is C=CCCCOC(=O)[C@@H]1[C@H]2C(=O)N(CCCCCCO)C(C(=O)N(CC=C)C(C)(C)CC(C)(C)C)C23CC[C@@]1(C)S3. The topological polar surface area (TPSA) is 87.1 Å². The van der Waals surface area contributed by atoms with Gasteiger partial charge in [-0.15, -0.1) is 24.9 Å². The Balaban J connectivity index is 2.00. The molecule has 2 bridgehead atoms.